The van der Waals surface area contributed by atoms with E-state index in [2.05, 4.69) is 87.9 Å². The van der Waals surface area contributed by atoms with E-state index in [0.717, 1.165) is 18.5 Å². The third-order valence-electron chi connectivity index (χ3n) is 8.54. The van der Waals surface area contributed by atoms with Crippen LogP contribution in [0.4, 0.5) is 23.5 Å². The lowest BCUT2D eigenvalue weighted by Gasteiger charge is -2.37. The normalized spacial score (nSPS) is 23.9. The molecule has 4 atom stereocenters. The molecule has 9 N–H and O–H groups in total. The molecule has 10 nitrogen and oxygen atoms in total. The number of nitrogens with two attached hydrogens (primary N) is 4. The Balaban J connectivity index is 1.19. The maximum Gasteiger partial charge on any atom is 0.233 e. The van der Waals surface area contributed by atoms with Gasteiger partial charge < -0.3 is 38.1 Å². The summed E-state index contributed by atoms with van der Waals surface area (Å²) in [4.78, 5) is 18.6. The fourth-order valence-corrected chi connectivity index (χ4v) is 6.78. The number of fused-ring (bicyclic) bond motifs is 3. The Bertz CT molecular complexity index is 1460. The summed E-state index contributed by atoms with van der Waals surface area (Å²) in [6, 6.07) is 25.7. The number of benzene rings is 3. The molecular formula is C32H38N10. The number of rotatable bonds is 5. The summed E-state index contributed by atoms with van der Waals surface area (Å²) in [6.07, 6.45) is 1.55. The first kappa shape index (κ1) is 26.8. The average Bonchev–Trinajstić information content (AvgIpc) is 3.31. The van der Waals surface area contributed by atoms with Gasteiger partial charge in [0.1, 0.15) is 0 Å². The van der Waals surface area contributed by atoms with Crippen LogP contribution in [-0.4, -0.2) is 65.3 Å². The number of nitrogens with one attached hydrogen (secondary N) is 1. The van der Waals surface area contributed by atoms with Crippen molar-refractivity contribution in [2.24, 2.45) is 22.9 Å². The van der Waals surface area contributed by atoms with Crippen LogP contribution in [0.1, 0.15) is 35.4 Å². The van der Waals surface area contributed by atoms with E-state index in [4.69, 9.17) is 37.9 Å². The largest absolute Gasteiger partial charge is 0.338 e. The Kier molecular flexibility index (Phi) is 6.99. The van der Waals surface area contributed by atoms with Crippen LogP contribution in [-0.2, 0) is 0 Å². The molecule has 0 radical (unpaired) electrons. The smallest absolute Gasteiger partial charge is 0.233 e. The molecule has 1 aliphatic carbocycles. The van der Waals surface area contributed by atoms with Crippen LogP contribution >= 0.6 is 0 Å². The predicted octanol–water partition coefficient (Wildman–Crippen LogP) is 2.51. The zero-order chi connectivity index (χ0) is 28.8. The highest BCUT2D eigenvalue weighted by Crippen LogP contribution is 2.47. The highest BCUT2D eigenvalue weighted by atomic mass is 15.4. The molecule has 2 aliphatic heterocycles. The van der Waals surface area contributed by atoms with Crippen LogP contribution in [0.15, 0.2) is 72.8 Å². The van der Waals surface area contributed by atoms with Crippen molar-refractivity contribution in [3.05, 3.63) is 89.5 Å². The second kappa shape index (κ2) is 11.0. The van der Waals surface area contributed by atoms with Crippen molar-refractivity contribution >= 4 is 23.5 Å². The fraction of sp³-hybridized carbons (Fsp3) is 0.344. The van der Waals surface area contributed by atoms with Crippen LogP contribution in [0, 0.1) is 0 Å². The second-order valence-electron chi connectivity index (χ2n) is 11.9. The molecular weight excluding hydrogens is 524 g/mol. The molecule has 2 saturated heterocycles. The molecule has 0 bridgehead atoms. The van der Waals surface area contributed by atoms with Crippen molar-refractivity contribution in [2.45, 2.75) is 42.9 Å². The van der Waals surface area contributed by atoms with Gasteiger partial charge in [-0.25, -0.2) is 0 Å². The second-order valence-corrected chi connectivity index (χ2v) is 11.9. The van der Waals surface area contributed by atoms with E-state index in [0.29, 0.717) is 44.0 Å². The van der Waals surface area contributed by atoms with Crippen molar-refractivity contribution in [3.8, 4) is 11.1 Å². The SMILES string of the molecule is N[C@@H]1C[C@H](N)CN(c2nc(Nc3ccc(C4c5ccccc5-c5ccccc54)cc3)nc(N3C[C@H](N)C[C@H](N)C3)n2)C1. The van der Waals surface area contributed by atoms with E-state index >= 15 is 0 Å². The third-order valence-corrected chi connectivity index (χ3v) is 8.54. The van der Waals surface area contributed by atoms with E-state index in [1.807, 2.05) is 0 Å². The Hall–Kier alpha value is -4.09. The molecule has 3 aliphatic rings. The van der Waals surface area contributed by atoms with Crippen LogP contribution < -0.4 is 38.1 Å². The molecule has 7 rings (SSSR count). The fourth-order valence-electron chi connectivity index (χ4n) is 6.78. The maximum absolute atomic E-state index is 6.31. The summed E-state index contributed by atoms with van der Waals surface area (Å²) in [6.45, 7) is 2.53. The highest BCUT2D eigenvalue weighted by Gasteiger charge is 2.30. The van der Waals surface area contributed by atoms with Crippen molar-refractivity contribution in [2.75, 3.05) is 41.3 Å². The molecule has 0 unspecified atom stereocenters. The van der Waals surface area contributed by atoms with Gasteiger partial charge in [-0.1, -0.05) is 60.7 Å². The van der Waals surface area contributed by atoms with Gasteiger partial charge in [0, 0.05) is 62.0 Å². The van der Waals surface area contributed by atoms with E-state index in [1.165, 1.54) is 27.8 Å². The molecule has 216 valence electrons. The highest BCUT2D eigenvalue weighted by molar-refractivity contribution is 5.80. The first-order chi connectivity index (χ1) is 20.4. The molecule has 0 amide bonds. The van der Waals surface area contributed by atoms with Crippen LogP contribution in [0.25, 0.3) is 11.1 Å². The predicted molar refractivity (Wildman–Crippen MR) is 168 cm³/mol. The number of aromatic nitrogens is 3. The summed E-state index contributed by atoms with van der Waals surface area (Å²) in [5, 5.41) is 3.42. The number of anilines is 4. The molecule has 10 heteroatoms. The molecule has 0 spiro atoms. The van der Waals surface area contributed by atoms with E-state index in [-0.39, 0.29) is 30.1 Å². The van der Waals surface area contributed by atoms with Crippen LogP contribution in [0.3, 0.4) is 0 Å². The molecule has 2 fully saturated rings. The lowest BCUT2D eigenvalue weighted by Crippen LogP contribution is -2.54. The number of hydrogen-bond acceptors (Lipinski definition) is 10. The van der Waals surface area contributed by atoms with Gasteiger partial charge in [0.2, 0.25) is 17.8 Å². The number of hydrogen-bond donors (Lipinski definition) is 5. The average molecular weight is 563 g/mol. The van der Waals surface area contributed by atoms with Gasteiger partial charge in [0.25, 0.3) is 0 Å². The zero-order valence-electron chi connectivity index (χ0n) is 23.6. The summed E-state index contributed by atoms with van der Waals surface area (Å²) in [5.74, 6) is 1.76. The van der Waals surface area contributed by atoms with Gasteiger partial charge in [-0.15, -0.1) is 0 Å². The Morgan fingerprint density at radius 2 is 1.02 bits per heavy atom. The minimum atomic E-state index is -0.0411. The molecule has 3 heterocycles. The van der Waals surface area contributed by atoms with Gasteiger partial charge in [0.15, 0.2) is 0 Å². The first-order valence-electron chi connectivity index (χ1n) is 14.7. The minimum absolute atomic E-state index is 0.0411. The minimum Gasteiger partial charge on any atom is -0.338 e. The van der Waals surface area contributed by atoms with Gasteiger partial charge in [-0.2, -0.15) is 15.0 Å². The standard InChI is InChI=1S/C32H38N10/c33-20-13-21(34)16-41(15-20)31-38-30(39-32(40-31)42-17-22(35)14-23(36)18-42)37-24-11-9-19(10-12-24)29-27-7-3-1-5-25(27)26-6-2-4-8-28(26)29/h1-12,20-23,29H,13-18,33-36H2,(H,37,38,39,40)/t20-,21+,22-,23+. The van der Waals surface area contributed by atoms with Crippen molar-refractivity contribution in [1.29, 1.82) is 0 Å². The van der Waals surface area contributed by atoms with Crippen LogP contribution in [0.2, 0.25) is 0 Å². The Morgan fingerprint density at radius 1 is 0.571 bits per heavy atom. The Morgan fingerprint density at radius 3 is 1.50 bits per heavy atom. The number of piperidine rings is 2. The van der Waals surface area contributed by atoms with E-state index in [1.54, 1.807) is 0 Å². The quantitative estimate of drug-likeness (QED) is 0.215. The molecule has 3 aromatic carbocycles. The molecule has 42 heavy (non-hydrogen) atoms. The van der Waals surface area contributed by atoms with Gasteiger partial charge in [-0.3, -0.25) is 0 Å². The molecule has 1 aromatic heterocycles. The third kappa shape index (κ3) is 5.18. The lowest BCUT2D eigenvalue weighted by atomic mass is 9.89. The Labute approximate surface area is 246 Å². The van der Waals surface area contributed by atoms with Crippen molar-refractivity contribution < 1.29 is 0 Å². The molecule has 4 aromatic rings. The van der Waals surface area contributed by atoms with Gasteiger partial charge in [-0.05, 0) is 52.8 Å². The van der Waals surface area contributed by atoms with E-state index < -0.39 is 0 Å². The van der Waals surface area contributed by atoms with Gasteiger partial charge in [0.05, 0.1) is 0 Å². The lowest BCUT2D eigenvalue weighted by molar-refractivity contribution is 0.441. The summed E-state index contributed by atoms with van der Waals surface area (Å²) < 4.78 is 0. The van der Waals surface area contributed by atoms with Gasteiger partial charge >= 0.3 is 0 Å². The van der Waals surface area contributed by atoms with E-state index in [9.17, 15) is 0 Å². The maximum atomic E-state index is 6.31. The topological polar surface area (TPSA) is 161 Å². The monoisotopic (exact) mass is 562 g/mol. The number of nitrogens with zero attached hydrogens (tertiary/aromatic N) is 5. The molecule has 0 saturated carbocycles. The zero-order valence-corrected chi connectivity index (χ0v) is 23.6. The summed E-state index contributed by atoms with van der Waals surface area (Å²) in [7, 11) is 0. The van der Waals surface area contributed by atoms with Crippen molar-refractivity contribution in [1.82, 2.24) is 15.0 Å². The summed E-state index contributed by atoms with van der Waals surface area (Å²) >= 11 is 0. The first-order valence-corrected chi connectivity index (χ1v) is 14.7. The van der Waals surface area contributed by atoms with Crippen molar-refractivity contribution in [3.63, 3.8) is 0 Å². The van der Waals surface area contributed by atoms with Crippen LogP contribution in [0.5, 0.6) is 0 Å². The summed E-state index contributed by atoms with van der Waals surface area (Å²) in [5.41, 5.74) is 32.6.